The standard InChI is InChI=1S/C9H11FN2/c1-7(11)12-6-8-3-2-4-9(10)5-8/h2-5H,6H2,1H3,(H2,11,12)/i10-1. The molecule has 0 bridgehead atoms. The third-order valence-electron chi connectivity index (χ3n) is 1.45. The van der Waals surface area contributed by atoms with Crippen LogP contribution in [0.25, 0.3) is 0 Å². The molecule has 0 saturated carbocycles. The fraction of sp³-hybridized carbons (Fsp3) is 0.222. The molecule has 0 atom stereocenters. The molecule has 0 aromatic heterocycles. The van der Waals surface area contributed by atoms with Crippen molar-refractivity contribution < 1.29 is 4.39 Å². The van der Waals surface area contributed by atoms with Crippen molar-refractivity contribution in [2.45, 2.75) is 13.5 Å². The number of benzene rings is 1. The van der Waals surface area contributed by atoms with Gasteiger partial charge in [0.2, 0.25) is 0 Å². The molecule has 0 aliphatic rings. The van der Waals surface area contributed by atoms with Gasteiger partial charge in [-0.15, -0.1) is 0 Å². The van der Waals surface area contributed by atoms with Crippen LogP contribution >= 0.6 is 0 Å². The number of rotatable bonds is 2. The molecule has 12 heavy (non-hydrogen) atoms. The van der Waals surface area contributed by atoms with E-state index >= 15 is 0 Å². The Morgan fingerprint density at radius 2 is 2.33 bits per heavy atom. The number of amidine groups is 1. The first kappa shape index (κ1) is 8.71. The molecule has 0 aliphatic heterocycles. The maximum atomic E-state index is 12.6. The van der Waals surface area contributed by atoms with E-state index in [1.165, 1.54) is 12.1 Å². The Bertz CT molecular complexity index is 284. The Morgan fingerprint density at radius 1 is 1.58 bits per heavy atom. The van der Waals surface area contributed by atoms with Crippen molar-refractivity contribution in [3.8, 4) is 0 Å². The van der Waals surface area contributed by atoms with Crippen molar-refractivity contribution in [2.75, 3.05) is 0 Å². The van der Waals surface area contributed by atoms with Gasteiger partial charge < -0.3 is 5.32 Å². The van der Waals surface area contributed by atoms with E-state index in [1.54, 1.807) is 13.0 Å². The third kappa shape index (κ3) is 2.70. The summed E-state index contributed by atoms with van der Waals surface area (Å²) in [7, 11) is 0. The largest absolute Gasteiger partial charge is 0.370 e. The van der Waals surface area contributed by atoms with Crippen LogP contribution in [0.2, 0.25) is 0 Å². The van der Waals surface area contributed by atoms with Gasteiger partial charge in [0.1, 0.15) is 5.82 Å². The summed E-state index contributed by atoms with van der Waals surface area (Å²) in [5.41, 5.74) is 0.849. The first-order valence-electron chi connectivity index (χ1n) is 3.72. The summed E-state index contributed by atoms with van der Waals surface area (Å²) in [4.78, 5) is 0. The summed E-state index contributed by atoms with van der Waals surface area (Å²) in [5.74, 6) is 0.149. The van der Waals surface area contributed by atoms with E-state index in [4.69, 9.17) is 5.41 Å². The van der Waals surface area contributed by atoms with Crippen molar-refractivity contribution in [1.29, 1.82) is 5.41 Å². The average molecular weight is 165 g/mol. The summed E-state index contributed by atoms with van der Waals surface area (Å²) < 4.78 is 12.6. The predicted molar refractivity (Wildman–Crippen MR) is 46.6 cm³/mol. The minimum Gasteiger partial charge on any atom is -0.370 e. The molecule has 0 amide bonds. The summed E-state index contributed by atoms with van der Waals surface area (Å²) in [5, 5.41) is 9.90. The van der Waals surface area contributed by atoms with Gasteiger partial charge in [0, 0.05) is 6.54 Å². The number of nitrogens with one attached hydrogen (secondary N) is 2. The molecular formula is C9H11FN2. The van der Waals surface area contributed by atoms with E-state index in [1.807, 2.05) is 6.07 Å². The van der Waals surface area contributed by atoms with Crippen LogP contribution in [0.4, 0.5) is 4.39 Å². The molecule has 1 aromatic rings. The van der Waals surface area contributed by atoms with Crippen molar-refractivity contribution in [3.63, 3.8) is 0 Å². The molecule has 2 N–H and O–H groups in total. The van der Waals surface area contributed by atoms with Crippen LogP contribution in [0.3, 0.4) is 0 Å². The van der Waals surface area contributed by atoms with E-state index in [0.29, 0.717) is 12.4 Å². The summed E-state index contributed by atoms with van der Waals surface area (Å²) >= 11 is 0. The van der Waals surface area contributed by atoms with Gasteiger partial charge in [-0.2, -0.15) is 0 Å². The van der Waals surface area contributed by atoms with Gasteiger partial charge in [-0.3, -0.25) is 5.41 Å². The van der Waals surface area contributed by atoms with Crippen LogP contribution in [0, 0.1) is 11.2 Å². The quantitative estimate of drug-likeness (QED) is 0.509. The van der Waals surface area contributed by atoms with E-state index in [-0.39, 0.29) is 5.82 Å². The molecule has 0 aliphatic carbocycles. The van der Waals surface area contributed by atoms with E-state index < -0.39 is 0 Å². The van der Waals surface area contributed by atoms with E-state index in [0.717, 1.165) is 5.56 Å². The van der Waals surface area contributed by atoms with E-state index in [9.17, 15) is 4.39 Å². The molecule has 1 aromatic carbocycles. The van der Waals surface area contributed by atoms with Crippen LogP contribution in [-0.4, -0.2) is 5.84 Å². The molecule has 1 rings (SSSR count). The van der Waals surface area contributed by atoms with Crippen LogP contribution in [0.15, 0.2) is 24.3 Å². The fourth-order valence-electron chi connectivity index (χ4n) is 0.882. The van der Waals surface area contributed by atoms with Crippen molar-refractivity contribution in [3.05, 3.63) is 35.6 Å². The summed E-state index contributed by atoms with van der Waals surface area (Å²) in [6, 6.07) is 6.33. The Hall–Kier alpha value is -1.38. The first-order chi connectivity index (χ1) is 5.68. The Balaban J connectivity index is 2.57. The molecule has 2 nitrogen and oxygen atoms in total. The first-order valence-corrected chi connectivity index (χ1v) is 3.72. The van der Waals surface area contributed by atoms with Gasteiger partial charge in [0.25, 0.3) is 0 Å². The zero-order valence-electron chi connectivity index (χ0n) is 6.89. The zero-order chi connectivity index (χ0) is 8.97. The van der Waals surface area contributed by atoms with Gasteiger partial charge in [-0.25, -0.2) is 4.39 Å². The van der Waals surface area contributed by atoms with Gasteiger partial charge in [0.15, 0.2) is 0 Å². The Kier molecular flexibility index (Phi) is 2.80. The molecule has 0 spiro atoms. The molecule has 0 fully saturated rings. The lowest BCUT2D eigenvalue weighted by Crippen LogP contribution is -2.18. The molecule has 0 saturated heterocycles. The predicted octanol–water partition coefficient (Wildman–Crippen LogP) is 1.91. The second-order valence-electron chi connectivity index (χ2n) is 2.61. The minimum atomic E-state index is -0.239. The third-order valence-corrected chi connectivity index (χ3v) is 1.45. The molecule has 0 unspecified atom stereocenters. The lowest BCUT2D eigenvalue weighted by Gasteiger charge is -2.03. The highest BCUT2D eigenvalue weighted by Gasteiger charge is 1.93. The average Bonchev–Trinajstić information content (AvgIpc) is 2.01. The Morgan fingerprint density at radius 3 is 2.92 bits per heavy atom. The molecule has 64 valence electrons. The van der Waals surface area contributed by atoms with Crippen LogP contribution < -0.4 is 5.32 Å². The smallest absolute Gasteiger partial charge is 0.123 e. The van der Waals surface area contributed by atoms with Crippen molar-refractivity contribution in [2.24, 2.45) is 0 Å². The number of hydrogen-bond acceptors (Lipinski definition) is 1. The number of hydrogen-bond donors (Lipinski definition) is 2. The molecular weight excluding hydrogens is 154 g/mol. The normalized spacial score (nSPS) is 9.50. The molecule has 0 radical (unpaired) electrons. The van der Waals surface area contributed by atoms with Crippen LogP contribution in [-0.2, 0) is 6.54 Å². The Labute approximate surface area is 70.9 Å². The van der Waals surface area contributed by atoms with Gasteiger partial charge in [-0.1, -0.05) is 12.1 Å². The number of halogens is 1. The molecule has 0 heterocycles. The highest BCUT2D eigenvalue weighted by molar-refractivity contribution is 5.75. The highest BCUT2D eigenvalue weighted by Crippen LogP contribution is 2.02. The zero-order valence-corrected chi connectivity index (χ0v) is 6.89. The summed E-state index contributed by atoms with van der Waals surface area (Å²) in [6.07, 6.45) is 0. The maximum absolute atomic E-state index is 12.6. The van der Waals surface area contributed by atoms with Crippen molar-refractivity contribution in [1.82, 2.24) is 5.32 Å². The maximum Gasteiger partial charge on any atom is 0.123 e. The van der Waals surface area contributed by atoms with Crippen LogP contribution in [0.1, 0.15) is 12.5 Å². The second-order valence-corrected chi connectivity index (χ2v) is 2.61. The van der Waals surface area contributed by atoms with E-state index in [2.05, 4.69) is 5.32 Å². The van der Waals surface area contributed by atoms with Gasteiger partial charge in [-0.05, 0) is 24.6 Å². The lowest BCUT2D eigenvalue weighted by molar-refractivity contribution is 0.624. The van der Waals surface area contributed by atoms with Crippen LogP contribution in [0.5, 0.6) is 0 Å². The minimum absolute atomic E-state index is 0.239. The molecule has 3 heteroatoms. The van der Waals surface area contributed by atoms with Gasteiger partial charge >= 0.3 is 0 Å². The lowest BCUT2D eigenvalue weighted by atomic mass is 10.2. The fourth-order valence-corrected chi connectivity index (χ4v) is 0.882. The SMILES string of the molecule is CC(=N)NCc1cccc([18F])c1. The highest BCUT2D eigenvalue weighted by atomic mass is 18.2. The second kappa shape index (κ2) is 3.85. The summed E-state index contributed by atoms with van der Waals surface area (Å²) in [6.45, 7) is 2.16. The van der Waals surface area contributed by atoms with Crippen molar-refractivity contribution >= 4 is 5.84 Å². The van der Waals surface area contributed by atoms with Gasteiger partial charge in [0.05, 0.1) is 5.84 Å². The topological polar surface area (TPSA) is 35.9 Å². The monoisotopic (exact) mass is 165 g/mol.